The normalized spacial score (nSPS) is 12.8. The molecule has 0 amide bonds. The Balaban J connectivity index is 1.83. The Morgan fingerprint density at radius 2 is 1.85 bits per heavy atom. The summed E-state index contributed by atoms with van der Waals surface area (Å²) < 4.78 is 32.8. The van der Waals surface area contributed by atoms with Crippen molar-refractivity contribution in [2.75, 3.05) is 7.11 Å². The molecule has 1 atom stereocenters. The van der Waals surface area contributed by atoms with E-state index in [4.69, 9.17) is 0 Å². The van der Waals surface area contributed by atoms with Gasteiger partial charge in [0.25, 0.3) is 0 Å². The molecular weight excluding hydrogens is 352 g/mol. The quantitative estimate of drug-likeness (QED) is 0.651. The summed E-state index contributed by atoms with van der Waals surface area (Å²) in [6.07, 6.45) is 2.40. The highest BCUT2D eigenvalue weighted by atomic mass is 32.2. The number of esters is 1. The van der Waals surface area contributed by atoms with Crippen molar-refractivity contribution in [1.82, 2.24) is 9.71 Å². The number of nitrogens with one attached hydrogen (secondary N) is 2. The molecule has 0 aliphatic rings. The van der Waals surface area contributed by atoms with E-state index in [1.54, 1.807) is 19.1 Å². The molecular formula is C19H20N2O4S. The zero-order valence-electron chi connectivity index (χ0n) is 14.5. The first-order valence-corrected chi connectivity index (χ1v) is 9.65. The van der Waals surface area contributed by atoms with Gasteiger partial charge in [-0.2, -0.15) is 0 Å². The van der Waals surface area contributed by atoms with Crippen LogP contribution in [0.15, 0.2) is 59.6 Å². The number of para-hydroxylation sites is 1. The van der Waals surface area contributed by atoms with E-state index in [1.165, 1.54) is 19.2 Å². The SMILES string of the molecule is COC(=O)c1ccccc1S(=O)(=O)NC(C)Cc1c[nH]c2ccccc12. The van der Waals surface area contributed by atoms with Gasteiger partial charge in [0.15, 0.2) is 0 Å². The highest BCUT2D eigenvalue weighted by Crippen LogP contribution is 2.21. The summed E-state index contributed by atoms with van der Waals surface area (Å²) in [4.78, 5) is 14.9. The molecule has 0 radical (unpaired) electrons. The molecule has 0 aliphatic carbocycles. The molecule has 0 aliphatic heterocycles. The first-order chi connectivity index (χ1) is 12.4. The van der Waals surface area contributed by atoms with Gasteiger partial charge in [0.05, 0.1) is 17.6 Å². The van der Waals surface area contributed by atoms with E-state index < -0.39 is 16.0 Å². The lowest BCUT2D eigenvalue weighted by molar-refractivity contribution is 0.0596. The van der Waals surface area contributed by atoms with Crippen molar-refractivity contribution < 1.29 is 17.9 Å². The van der Waals surface area contributed by atoms with Crippen LogP contribution < -0.4 is 4.72 Å². The summed E-state index contributed by atoms with van der Waals surface area (Å²) in [7, 11) is -2.64. The second-order valence-corrected chi connectivity index (χ2v) is 7.76. The van der Waals surface area contributed by atoms with Crippen LogP contribution in [0.3, 0.4) is 0 Å². The first kappa shape index (κ1) is 18.2. The van der Waals surface area contributed by atoms with Crippen LogP contribution in [-0.2, 0) is 21.2 Å². The largest absolute Gasteiger partial charge is 0.465 e. The Kier molecular flexibility index (Phi) is 5.11. The average Bonchev–Trinajstić information content (AvgIpc) is 3.03. The fourth-order valence-electron chi connectivity index (χ4n) is 2.98. The van der Waals surface area contributed by atoms with Crippen LogP contribution in [0.5, 0.6) is 0 Å². The van der Waals surface area contributed by atoms with E-state index in [0.717, 1.165) is 16.5 Å². The predicted molar refractivity (Wildman–Crippen MR) is 99.6 cm³/mol. The number of sulfonamides is 1. The third kappa shape index (κ3) is 3.63. The van der Waals surface area contributed by atoms with Crippen molar-refractivity contribution in [3.05, 3.63) is 65.9 Å². The smallest absolute Gasteiger partial charge is 0.339 e. The maximum Gasteiger partial charge on any atom is 0.339 e. The zero-order chi connectivity index (χ0) is 18.7. The second-order valence-electron chi connectivity index (χ2n) is 6.07. The van der Waals surface area contributed by atoms with Gasteiger partial charge < -0.3 is 9.72 Å². The maximum atomic E-state index is 12.7. The highest BCUT2D eigenvalue weighted by Gasteiger charge is 2.24. The molecule has 3 aromatic rings. The Labute approximate surface area is 152 Å². The molecule has 0 spiro atoms. The number of benzene rings is 2. The van der Waals surface area contributed by atoms with Crippen molar-refractivity contribution in [1.29, 1.82) is 0 Å². The van der Waals surface area contributed by atoms with Gasteiger partial charge in [0, 0.05) is 23.1 Å². The average molecular weight is 372 g/mol. The third-order valence-corrected chi connectivity index (χ3v) is 5.79. The number of hydrogen-bond acceptors (Lipinski definition) is 4. The van der Waals surface area contributed by atoms with Gasteiger partial charge in [0.2, 0.25) is 10.0 Å². The summed E-state index contributed by atoms with van der Waals surface area (Å²) in [5.41, 5.74) is 2.05. The van der Waals surface area contributed by atoms with Crippen molar-refractivity contribution in [2.24, 2.45) is 0 Å². The molecule has 0 fully saturated rings. The molecule has 2 N–H and O–H groups in total. The number of methoxy groups -OCH3 is 1. The van der Waals surface area contributed by atoms with E-state index in [0.29, 0.717) is 6.42 Å². The molecule has 1 unspecified atom stereocenters. The zero-order valence-corrected chi connectivity index (χ0v) is 15.3. The van der Waals surface area contributed by atoms with Gasteiger partial charge in [-0.1, -0.05) is 30.3 Å². The Morgan fingerprint density at radius 1 is 1.15 bits per heavy atom. The monoisotopic (exact) mass is 372 g/mol. The Morgan fingerprint density at radius 3 is 2.62 bits per heavy atom. The number of rotatable bonds is 6. The third-order valence-electron chi connectivity index (χ3n) is 4.14. The number of hydrogen-bond donors (Lipinski definition) is 2. The molecule has 6 nitrogen and oxygen atoms in total. The van der Waals surface area contributed by atoms with Gasteiger partial charge in [0.1, 0.15) is 0 Å². The Bertz CT molecular complexity index is 1040. The number of carbonyl (C=O) groups is 1. The Hall–Kier alpha value is -2.64. The summed E-state index contributed by atoms with van der Waals surface area (Å²) in [5, 5.41) is 1.06. The molecule has 0 bridgehead atoms. The number of carbonyl (C=O) groups excluding carboxylic acids is 1. The second kappa shape index (κ2) is 7.31. The van der Waals surface area contributed by atoms with Crippen molar-refractivity contribution in [2.45, 2.75) is 24.3 Å². The molecule has 1 aromatic heterocycles. The number of aromatic nitrogens is 1. The minimum atomic E-state index is -3.86. The van der Waals surface area contributed by atoms with Crippen LogP contribution in [-0.4, -0.2) is 32.5 Å². The molecule has 3 rings (SSSR count). The van der Waals surface area contributed by atoms with Crippen LogP contribution >= 0.6 is 0 Å². The first-order valence-electron chi connectivity index (χ1n) is 8.17. The lowest BCUT2D eigenvalue weighted by Gasteiger charge is -2.15. The minimum Gasteiger partial charge on any atom is -0.465 e. The van der Waals surface area contributed by atoms with Crippen LogP contribution in [0.25, 0.3) is 10.9 Å². The van der Waals surface area contributed by atoms with Crippen LogP contribution in [0, 0.1) is 0 Å². The molecule has 136 valence electrons. The van der Waals surface area contributed by atoms with Crippen LogP contribution in [0.2, 0.25) is 0 Å². The van der Waals surface area contributed by atoms with Gasteiger partial charge in [-0.25, -0.2) is 17.9 Å². The number of fused-ring (bicyclic) bond motifs is 1. The standard InChI is InChI=1S/C19H20N2O4S/c1-13(11-14-12-20-17-9-5-3-7-15(14)17)21-26(23,24)18-10-6-4-8-16(18)19(22)25-2/h3-10,12-13,20-21H,11H2,1-2H3. The van der Waals surface area contributed by atoms with Gasteiger partial charge >= 0.3 is 5.97 Å². The molecule has 1 heterocycles. The topological polar surface area (TPSA) is 88.3 Å². The van der Waals surface area contributed by atoms with E-state index in [2.05, 4.69) is 14.4 Å². The van der Waals surface area contributed by atoms with Gasteiger partial charge in [-0.05, 0) is 37.1 Å². The van der Waals surface area contributed by atoms with Crippen LogP contribution in [0.1, 0.15) is 22.8 Å². The van der Waals surface area contributed by atoms with E-state index in [9.17, 15) is 13.2 Å². The van der Waals surface area contributed by atoms with Gasteiger partial charge in [-0.15, -0.1) is 0 Å². The van der Waals surface area contributed by atoms with E-state index in [-0.39, 0.29) is 16.5 Å². The lowest BCUT2D eigenvalue weighted by atomic mass is 10.1. The number of aromatic amines is 1. The summed E-state index contributed by atoms with van der Waals surface area (Å²) >= 11 is 0. The van der Waals surface area contributed by atoms with E-state index >= 15 is 0 Å². The highest BCUT2D eigenvalue weighted by molar-refractivity contribution is 7.89. The molecule has 7 heteroatoms. The maximum absolute atomic E-state index is 12.7. The number of H-pyrrole nitrogens is 1. The predicted octanol–water partition coefficient (Wildman–Crippen LogP) is 2.86. The van der Waals surface area contributed by atoms with Gasteiger partial charge in [-0.3, -0.25) is 0 Å². The van der Waals surface area contributed by atoms with Crippen molar-refractivity contribution in [3.63, 3.8) is 0 Å². The summed E-state index contributed by atoms with van der Waals surface area (Å²) in [6, 6.07) is 13.5. The molecule has 2 aromatic carbocycles. The van der Waals surface area contributed by atoms with Crippen molar-refractivity contribution in [3.8, 4) is 0 Å². The van der Waals surface area contributed by atoms with Crippen molar-refractivity contribution >= 4 is 26.9 Å². The van der Waals surface area contributed by atoms with Crippen LogP contribution in [0.4, 0.5) is 0 Å². The molecule has 0 saturated heterocycles. The fraction of sp³-hybridized carbons (Fsp3) is 0.211. The lowest BCUT2D eigenvalue weighted by Crippen LogP contribution is -2.35. The minimum absolute atomic E-state index is 0.0156. The molecule has 26 heavy (non-hydrogen) atoms. The molecule has 0 saturated carbocycles. The van der Waals surface area contributed by atoms with E-state index in [1.807, 2.05) is 30.5 Å². The fourth-order valence-corrected chi connectivity index (χ4v) is 4.42. The summed E-state index contributed by atoms with van der Waals surface area (Å²) in [6.45, 7) is 1.79. The summed E-state index contributed by atoms with van der Waals surface area (Å²) in [5.74, 6) is -0.685. The number of ether oxygens (including phenoxy) is 1.